The van der Waals surface area contributed by atoms with E-state index in [1.54, 1.807) is 0 Å². The summed E-state index contributed by atoms with van der Waals surface area (Å²) in [6, 6.07) is 15.2. The highest BCUT2D eigenvalue weighted by molar-refractivity contribution is 7.49. The molecule has 0 aromatic heterocycles. The summed E-state index contributed by atoms with van der Waals surface area (Å²) >= 11 is 0. The number of phosphoric ester groups is 1. The lowest BCUT2D eigenvalue weighted by Gasteiger charge is -2.22. The zero-order valence-corrected chi connectivity index (χ0v) is 21.4. The molecule has 0 saturated carbocycles. The van der Waals surface area contributed by atoms with Gasteiger partial charge in [-0.1, -0.05) is 92.5 Å². The monoisotopic (exact) mass is 448 g/mol. The van der Waals surface area contributed by atoms with E-state index in [-0.39, 0.29) is 0 Å². The molecule has 2 rings (SSSR count). The van der Waals surface area contributed by atoms with Crippen molar-refractivity contribution in [2.45, 2.75) is 80.1 Å². The van der Waals surface area contributed by atoms with Crippen LogP contribution in [-0.2, 0) is 9.09 Å². The minimum atomic E-state index is -3.82. The Bertz CT molecular complexity index is 721. The van der Waals surface area contributed by atoms with Gasteiger partial charge in [-0.15, -0.1) is 0 Å². The second-order valence-electron chi connectivity index (χ2n) is 8.06. The standard InChI is InChI=1S/C24H35O4P.C2H6/c1-7-20(8-2)17-26-29(25,27-23-13-9-21(10-14-23)18(3)4)28-24-15-11-22(12-16-24)19(5)6;1-2/h9-16,18-20H,7-8,17H2,1-6H3;1-2H3. The van der Waals surface area contributed by atoms with Crippen molar-refractivity contribution in [2.75, 3.05) is 6.61 Å². The fourth-order valence-electron chi connectivity index (χ4n) is 2.88. The number of benzene rings is 2. The molecule has 5 heteroatoms. The molecule has 0 atom stereocenters. The molecule has 0 bridgehead atoms. The fraction of sp³-hybridized carbons (Fsp3) is 0.538. The molecule has 0 saturated heterocycles. The summed E-state index contributed by atoms with van der Waals surface area (Å²) < 4.78 is 30.7. The van der Waals surface area contributed by atoms with Crippen LogP contribution in [0.3, 0.4) is 0 Å². The highest BCUT2D eigenvalue weighted by Gasteiger charge is 2.32. The van der Waals surface area contributed by atoms with Crippen molar-refractivity contribution in [3.63, 3.8) is 0 Å². The van der Waals surface area contributed by atoms with Crippen molar-refractivity contribution in [3.8, 4) is 11.5 Å². The summed E-state index contributed by atoms with van der Waals surface area (Å²) in [6.07, 6.45) is 1.89. The Balaban J connectivity index is 0.00000233. The quantitative estimate of drug-likeness (QED) is 0.322. The van der Waals surface area contributed by atoms with Crippen LogP contribution in [0.1, 0.15) is 91.2 Å². The largest absolute Gasteiger partial charge is 0.587 e. The molecular formula is C26H41O4P. The van der Waals surface area contributed by atoms with Crippen LogP contribution in [0.15, 0.2) is 48.5 Å². The van der Waals surface area contributed by atoms with Gasteiger partial charge in [-0.2, -0.15) is 0 Å². The summed E-state index contributed by atoms with van der Waals surface area (Å²) in [5.41, 5.74) is 2.38. The van der Waals surface area contributed by atoms with Crippen molar-refractivity contribution in [1.82, 2.24) is 0 Å². The van der Waals surface area contributed by atoms with E-state index in [0.29, 0.717) is 35.9 Å². The summed E-state index contributed by atoms with van der Waals surface area (Å²) in [6.45, 7) is 17.0. The lowest BCUT2D eigenvalue weighted by molar-refractivity contribution is 0.174. The van der Waals surface area contributed by atoms with Gasteiger partial charge in [0, 0.05) is 0 Å². The van der Waals surface area contributed by atoms with E-state index in [1.165, 1.54) is 11.1 Å². The SMILES string of the molecule is CC.CCC(CC)COP(=O)(Oc1ccc(C(C)C)cc1)Oc1ccc(C(C)C)cc1. The van der Waals surface area contributed by atoms with Crippen molar-refractivity contribution < 1.29 is 18.1 Å². The molecule has 0 heterocycles. The van der Waals surface area contributed by atoms with Crippen molar-refractivity contribution >= 4 is 7.82 Å². The molecule has 4 nitrogen and oxygen atoms in total. The number of phosphoric acid groups is 1. The third-order valence-corrected chi connectivity index (χ3v) is 6.49. The molecule has 0 aliphatic rings. The lowest BCUT2D eigenvalue weighted by atomic mass is 10.0. The van der Waals surface area contributed by atoms with Crippen molar-refractivity contribution in [2.24, 2.45) is 5.92 Å². The minimum Gasteiger partial charge on any atom is -0.395 e. The third-order valence-electron chi connectivity index (χ3n) is 5.15. The first-order valence-corrected chi connectivity index (χ1v) is 13.1. The Morgan fingerprint density at radius 2 is 1.06 bits per heavy atom. The predicted octanol–water partition coefficient (Wildman–Crippen LogP) is 8.98. The summed E-state index contributed by atoms with van der Waals surface area (Å²) in [5, 5.41) is 0. The zero-order chi connectivity index (χ0) is 23.4. The van der Waals surface area contributed by atoms with E-state index in [2.05, 4.69) is 41.5 Å². The Morgan fingerprint density at radius 3 is 1.35 bits per heavy atom. The van der Waals surface area contributed by atoms with Crippen molar-refractivity contribution in [3.05, 3.63) is 59.7 Å². The van der Waals surface area contributed by atoms with Gasteiger partial charge >= 0.3 is 7.82 Å². The van der Waals surface area contributed by atoms with Gasteiger partial charge in [0.25, 0.3) is 0 Å². The van der Waals surface area contributed by atoms with Gasteiger partial charge in [-0.25, -0.2) is 4.57 Å². The number of hydrogen-bond acceptors (Lipinski definition) is 4. The second kappa shape index (κ2) is 13.6. The van der Waals surface area contributed by atoms with Crippen LogP contribution in [0.4, 0.5) is 0 Å². The molecule has 0 unspecified atom stereocenters. The maximum atomic E-state index is 13.5. The Hall–Kier alpha value is -1.77. The smallest absolute Gasteiger partial charge is 0.395 e. The van der Waals surface area contributed by atoms with E-state index in [9.17, 15) is 4.57 Å². The fourth-order valence-corrected chi connectivity index (χ4v) is 4.17. The normalized spacial score (nSPS) is 11.5. The second-order valence-corrected chi connectivity index (χ2v) is 9.57. The summed E-state index contributed by atoms with van der Waals surface area (Å²) in [5.74, 6) is 2.08. The zero-order valence-electron chi connectivity index (χ0n) is 20.6. The van der Waals surface area contributed by atoms with E-state index in [0.717, 1.165) is 12.8 Å². The van der Waals surface area contributed by atoms with E-state index < -0.39 is 7.82 Å². The highest BCUT2D eigenvalue weighted by Crippen LogP contribution is 2.50. The Kier molecular flexibility index (Phi) is 12.0. The highest BCUT2D eigenvalue weighted by atomic mass is 31.2. The van der Waals surface area contributed by atoms with Gasteiger partial charge in [0.2, 0.25) is 0 Å². The van der Waals surface area contributed by atoms with E-state index in [1.807, 2.05) is 62.4 Å². The predicted molar refractivity (Wildman–Crippen MR) is 131 cm³/mol. The Morgan fingerprint density at radius 1 is 0.710 bits per heavy atom. The molecule has 0 fully saturated rings. The molecule has 2 aromatic carbocycles. The molecule has 0 aliphatic carbocycles. The van der Waals surface area contributed by atoms with Gasteiger partial charge in [0.1, 0.15) is 11.5 Å². The molecule has 31 heavy (non-hydrogen) atoms. The van der Waals surface area contributed by atoms with Crippen LogP contribution in [0, 0.1) is 5.92 Å². The van der Waals surface area contributed by atoms with Gasteiger partial charge in [0.05, 0.1) is 6.61 Å². The van der Waals surface area contributed by atoms with Gasteiger partial charge in [-0.05, 0) is 53.1 Å². The van der Waals surface area contributed by atoms with Crippen molar-refractivity contribution in [1.29, 1.82) is 0 Å². The number of rotatable bonds is 11. The van der Waals surface area contributed by atoms with Gasteiger partial charge < -0.3 is 9.05 Å². The molecule has 0 spiro atoms. The van der Waals surface area contributed by atoms with E-state index in [4.69, 9.17) is 13.6 Å². The van der Waals surface area contributed by atoms with Crippen LogP contribution in [0.2, 0.25) is 0 Å². The average Bonchev–Trinajstić information content (AvgIpc) is 2.76. The summed E-state index contributed by atoms with van der Waals surface area (Å²) in [7, 11) is -3.82. The third kappa shape index (κ3) is 9.09. The molecule has 174 valence electrons. The maximum Gasteiger partial charge on any atom is 0.587 e. The molecule has 0 radical (unpaired) electrons. The van der Waals surface area contributed by atoms with Gasteiger partial charge in [-0.3, -0.25) is 4.52 Å². The molecular weight excluding hydrogens is 407 g/mol. The van der Waals surface area contributed by atoms with Crippen LogP contribution >= 0.6 is 7.82 Å². The first kappa shape index (κ1) is 27.3. The first-order chi connectivity index (χ1) is 14.8. The Labute approximate surface area is 189 Å². The topological polar surface area (TPSA) is 44.8 Å². The average molecular weight is 449 g/mol. The molecule has 0 N–H and O–H groups in total. The molecule has 0 aliphatic heterocycles. The maximum absolute atomic E-state index is 13.5. The summed E-state index contributed by atoms with van der Waals surface area (Å²) in [4.78, 5) is 0. The molecule has 2 aromatic rings. The van der Waals surface area contributed by atoms with Crippen LogP contribution in [0.25, 0.3) is 0 Å². The van der Waals surface area contributed by atoms with Crippen LogP contribution in [-0.4, -0.2) is 6.61 Å². The van der Waals surface area contributed by atoms with E-state index >= 15 is 0 Å². The van der Waals surface area contributed by atoms with Crippen LogP contribution < -0.4 is 9.05 Å². The number of hydrogen-bond donors (Lipinski definition) is 0. The minimum absolute atomic E-state index is 0.308. The lowest BCUT2D eigenvalue weighted by Crippen LogP contribution is -2.12. The van der Waals surface area contributed by atoms with Gasteiger partial charge in [0.15, 0.2) is 0 Å². The van der Waals surface area contributed by atoms with Crippen LogP contribution in [0.5, 0.6) is 11.5 Å². The molecule has 0 amide bonds. The first-order valence-electron chi connectivity index (χ1n) is 11.6.